The van der Waals surface area contributed by atoms with Crippen molar-refractivity contribution < 1.29 is 4.74 Å². The lowest BCUT2D eigenvalue weighted by Crippen LogP contribution is -2.31. The molecular formula is C21H28N2O. The van der Waals surface area contributed by atoms with Gasteiger partial charge in [0.2, 0.25) is 0 Å². The van der Waals surface area contributed by atoms with Gasteiger partial charge in [0.1, 0.15) is 11.9 Å². The standard InChI is InChI=1S/C21H28N2O/c1-3-19-15-23-20-14-18(9-10-21(20)24-19)13-16(2)22-12-11-17-7-5-4-6-8-17/h4-10,14,16,19,22-23H,3,11-13,15H2,1-2H3. The van der Waals surface area contributed by atoms with Gasteiger partial charge in [-0.15, -0.1) is 0 Å². The molecule has 0 aromatic heterocycles. The van der Waals surface area contributed by atoms with Crippen LogP contribution in [0.15, 0.2) is 48.5 Å². The fourth-order valence-corrected chi connectivity index (χ4v) is 3.15. The first kappa shape index (κ1) is 16.8. The number of hydrogen-bond donors (Lipinski definition) is 2. The Kier molecular flexibility index (Phi) is 5.76. The molecule has 0 saturated carbocycles. The fraction of sp³-hybridized carbons (Fsp3) is 0.429. The van der Waals surface area contributed by atoms with Gasteiger partial charge in [-0.1, -0.05) is 43.3 Å². The molecule has 2 N–H and O–H groups in total. The largest absolute Gasteiger partial charge is 0.486 e. The Hall–Kier alpha value is -2.00. The van der Waals surface area contributed by atoms with Crippen LogP contribution < -0.4 is 15.4 Å². The number of nitrogens with one attached hydrogen (secondary N) is 2. The summed E-state index contributed by atoms with van der Waals surface area (Å²) < 4.78 is 5.98. The Morgan fingerprint density at radius 2 is 2.00 bits per heavy atom. The van der Waals surface area contributed by atoms with Crippen LogP contribution in [0, 0.1) is 0 Å². The quantitative estimate of drug-likeness (QED) is 0.806. The van der Waals surface area contributed by atoms with E-state index in [9.17, 15) is 0 Å². The summed E-state index contributed by atoms with van der Waals surface area (Å²) in [6.45, 7) is 6.32. The van der Waals surface area contributed by atoms with Crippen molar-refractivity contribution in [3.63, 3.8) is 0 Å². The molecule has 0 fully saturated rings. The van der Waals surface area contributed by atoms with Gasteiger partial charge in [0, 0.05) is 6.04 Å². The molecule has 0 aliphatic carbocycles. The summed E-state index contributed by atoms with van der Waals surface area (Å²) in [6, 6.07) is 17.6. The zero-order chi connectivity index (χ0) is 16.8. The van der Waals surface area contributed by atoms with Crippen LogP contribution in [0.4, 0.5) is 5.69 Å². The van der Waals surface area contributed by atoms with Gasteiger partial charge < -0.3 is 15.4 Å². The van der Waals surface area contributed by atoms with Crippen molar-refractivity contribution >= 4 is 5.69 Å². The molecule has 2 aromatic rings. The molecule has 0 saturated heterocycles. The zero-order valence-corrected chi connectivity index (χ0v) is 14.7. The molecule has 2 aromatic carbocycles. The molecule has 0 amide bonds. The highest BCUT2D eigenvalue weighted by Crippen LogP contribution is 2.30. The van der Waals surface area contributed by atoms with Crippen LogP contribution in [0.2, 0.25) is 0 Å². The SMILES string of the molecule is CCC1CNc2cc(CC(C)NCCc3ccccc3)ccc2O1. The summed E-state index contributed by atoms with van der Waals surface area (Å²) in [5.41, 5.74) is 3.87. The van der Waals surface area contributed by atoms with E-state index in [-0.39, 0.29) is 0 Å². The van der Waals surface area contributed by atoms with Gasteiger partial charge in [0.25, 0.3) is 0 Å². The van der Waals surface area contributed by atoms with Gasteiger partial charge in [-0.05, 0) is 56.0 Å². The number of rotatable bonds is 7. The highest BCUT2D eigenvalue weighted by Gasteiger charge is 2.18. The highest BCUT2D eigenvalue weighted by molar-refractivity contribution is 5.59. The Morgan fingerprint density at radius 1 is 1.17 bits per heavy atom. The smallest absolute Gasteiger partial charge is 0.142 e. The summed E-state index contributed by atoms with van der Waals surface area (Å²) in [7, 11) is 0. The minimum absolute atomic E-state index is 0.293. The molecule has 2 unspecified atom stereocenters. The highest BCUT2D eigenvalue weighted by atomic mass is 16.5. The van der Waals surface area contributed by atoms with Gasteiger partial charge in [-0.25, -0.2) is 0 Å². The van der Waals surface area contributed by atoms with E-state index in [4.69, 9.17) is 4.74 Å². The zero-order valence-electron chi connectivity index (χ0n) is 14.7. The third-order valence-corrected chi connectivity index (χ3v) is 4.60. The van der Waals surface area contributed by atoms with Gasteiger partial charge in [-0.2, -0.15) is 0 Å². The van der Waals surface area contributed by atoms with Crippen molar-refractivity contribution in [2.45, 2.75) is 45.3 Å². The molecule has 3 rings (SSSR count). The second-order valence-corrected chi connectivity index (χ2v) is 6.65. The van der Waals surface area contributed by atoms with E-state index in [1.165, 1.54) is 11.1 Å². The molecule has 0 spiro atoms. The average Bonchev–Trinajstić information content (AvgIpc) is 2.62. The molecule has 1 aliphatic heterocycles. The molecule has 1 heterocycles. The first-order chi connectivity index (χ1) is 11.7. The summed E-state index contributed by atoms with van der Waals surface area (Å²) in [5.74, 6) is 0.988. The van der Waals surface area contributed by atoms with Crippen LogP contribution in [0.5, 0.6) is 5.75 Å². The maximum absolute atomic E-state index is 5.98. The molecule has 0 radical (unpaired) electrons. The van der Waals surface area contributed by atoms with Crippen LogP contribution in [-0.2, 0) is 12.8 Å². The van der Waals surface area contributed by atoms with E-state index in [0.29, 0.717) is 12.1 Å². The second kappa shape index (κ2) is 8.20. The molecule has 3 nitrogen and oxygen atoms in total. The summed E-state index contributed by atoms with van der Waals surface area (Å²) >= 11 is 0. The van der Waals surface area contributed by atoms with Gasteiger partial charge in [-0.3, -0.25) is 0 Å². The Bertz CT molecular complexity index is 642. The number of ether oxygens (including phenoxy) is 1. The maximum Gasteiger partial charge on any atom is 0.142 e. The van der Waals surface area contributed by atoms with Gasteiger partial charge >= 0.3 is 0 Å². The maximum atomic E-state index is 5.98. The summed E-state index contributed by atoms with van der Waals surface area (Å²) in [6.07, 6.45) is 3.43. The van der Waals surface area contributed by atoms with Crippen LogP contribution in [0.1, 0.15) is 31.4 Å². The van der Waals surface area contributed by atoms with Crippen molar-refractivity contribution in [2.24, 2.45) is 0 Å². The van der Waals surface area contributed by atoms with E-state index in [0.717, 1.165) is 43.8 Å². The van der Waals surface area contributed by atoms with Crippen molar-refractivity contribution in [2.75, 3.05) is 18.4 Å². The van der Waals surface area contributed by atoms with E-state index in [1.807, 2.05) is 0 Å². The second-order valence-electron chi connectivity index (χ2n) is 6.65. The predicted octanol–water partition coefficient (Wildman–Crippen LogP) is 4.03. The van der Waals surface area contributed by atoms with Gasteiger partial charge in [0.15, 0.2) is 0 Å². The lowest BCUT2D eigenvalue weighted by molar-refractivity contribution is 0.202. The fourth-order valence-electron chi connectivity index (χ4n) is 3.15. The van der Waals surface area contributed by atoms with E-state index in [2.05, 4.69) is 73.0 Å². The average molecular weight is 324 g/mol. The van der Waals surface area contributed by atoms with Crippen LogP contribution >= 0.6 is 0 Å². The van der Waals surface area contributed by atoms with E-state index in [1.54, 1.807) is 0 Å². The topological polar surface area (TPSA) is 33.3 Å². The molecule has 128 valence electrons. The van der Waals surface area contributed by atoms with Crippen molar-refractivity contribution in [1.29, 1.82) is 0 Å². The molecule has 1 aliphatic rings. The van der Waals surface area contributed by atoms with E-state index >= 15 is 0 Å². The van der Waals surface area contributed by atoms with Crippen molar-refractivity contribution in [1.82, 2.24) is 5.32 Å². The molecule has 24 heavy (non-hydrogen) atoms. The third-order valence-electron chi connectivity index (χ3n) is 4.60. The van der Waals surface area contributed by atoms with Crippen molar-refractivity contribution in [3.05, 3.63) is 59.7 Å². The van der Waals surface area contributed by atoms with E-state index < -0.39 is 0 Å². The molecule has 3 heteroatoms. The van der Waals surface area contributed by atoms with Crippen LogP contribution in [0.25, 0.3) is 0 Å². The number of anilines is 1. The van der Waals surface area contributed by atoms with Crippen LogP contribution in [-0.4, -0.2) is 25.2 Å². The normalized spacial score (nSPS) is 17.5. The summed E-state index contributed by atoms with van der Waals surface area (Å²) in [4.78, 5) is 0. The Labute approximate surface area is 145 Å². The monoisotopic (exact) mass is 324 g/mol. The third kappa shape index (κ3) is 4.51. The first-order valence-electron chi connectivity index (χ1n) is 9.05. The van der Waals surface area contributed by atoms with Gasteiger partial charge in [0.05, 0.1) is 12.2 Å². The number of benzene rings is 2. The Morgan fingerprint density at radius 3 is 2.79 bits per heavy atom. The first-order valence-corrected chi connectivity index (χ1v) is 9.05. The van der Waals surface area contributed by atoms with Crippen molar-refractivity contribution in [3.8, 4) is 5.75 Å². The minimum Gasteiger partial charge on any atom is -0.486 e. The molecule has 0 bridgehead atoms. The summed E-state index contributed by atoms with van der Waals surface area (Å²) in [5, 5.41) is 7.12. The minimum atomic E-state index is 0.293. The number of hydrogen-bond acceptors (Lipinski definition) is 3. The number of fused-ring (bicyclic) bond motifs is 1. The van der Waals surface area contributed by atoms with Crippen LogP contribution in [0.3, 0.4) is 0 Å². The Balaban J connectivity index is 1.49. The predicted molar refractivity (Wildman–Crippen MR) is 101 cm³/mol. The lowest BCUT2D eigenvalue weighted by Gasteiger charge is -2.27. The lowest BCUT2D eigenvalue weighted by atomic mass is 10.0. The molecule has 2 atom stereocenters. The molecular weight excluding hydrogens is 296 g/mol.